The standard InChI is InChI=1S/C8H5ClFN3O.CO2/c9-6-3-5(1-2-7(6)10)14-8-4-11-13-12-8;2-1-3/h1-4H,(H,11,12,13);. The van der Waals surface area contributed by atoms with Gasteiger partial charge in [0.15, 0.2) is 0 Å². The molecule has 88 valence electrons. The summed E-state index contributed by atoms with van der Waals surface area (Å²) in [6, 6.07) is 4.04. The van der Waals surface area contributed by atoms with Crippen molar-refractivity contribution in [1.29, 1.82) is 0 Å². The average Bonchev–Trinajstić information content (AvgIpc) is 2.77. The van der Waals surface area contributed by atoms with Crippen molar-refractivity contribution in [1.82, 2.24) is 15.4 Å². The van der Waals surface area contributed by atoms with Crippen LogP contribution in [0.4, 0.5) is 4.39 Å². The van der Waals surface area contributed by atoms with Crippen molar-refractivity contribution in [3.8, 4) is 11.6 Å². The molecule has 0 saturated heterocycles. The van der Waals surface area contributed by atoms with E-state index in [0.29, 0.717) is 11.6 Å². The van der Waals surface area contributed by atoms with Crippen LogP contribution >= 0.6 is 11.6 Å². The number of nitrogens with one attached hydrogen (secondary N) is 1. The summed E-state index contributed by atoms with van der Waals surface area (Å²) in [7, 11) is 0. The molecule has 2 aromatic rings. The van der Waals surface area contributed by atoms with Gasteiger partial charge in [-0.25, -0.2) is 4.39 Å². The zero-order valence-corrected chi connectivity index (χ0v) is 8.94. The molecule has 0 aliphatic heterocycles. The Morgan fingerprint density at radius 1 is 1.41 bits per heavy atom. The summed E-state index contributed by atoms with van der Waals surface area (Å²) in [4.78, 5) is 16.2. The topological polar surface area (TPSA) is 84.9 Å². The average molecular weight is 258 g/mol. The molecule has 0 unspecified atom stereocenters. The number of carbonyl (C=O) groups excluding carboxylic acids is 2. The Kier molecular flexibility index (Phi) is 4.80. The molecule has 8 heteroatoms. The van der Waals surface area contributed by atoms with Crippen LogP contribution < -0.4 is 4.74 Å². The molecule has 1 N–H and O–H groups in total. The van der Waals surface area contributed by atoms with Crippen molar-refractivity contribution in [2.75, 3.05) is 0 Å². The predicted octanol–water partition coefficient (Wildman–Crippen LogP) is 1.81. The number of rotatable bonds is 2. The van der Waals surface area contributed by atoms with E-state index in [4.69, 9.17) is 25.9 Å². The van der Waals surface area contributed by atoms with Crippen molar-refractivity contribution in [3.63, 3.8) is 0 Å². The van der Waals surface area contributed by atoms with Gasteiger partial charge in [0.2, 0.25) is 0 Å². The van der Waals surface area contributed by atoms with E-state index in [-0.39, 0.29) is 11.2 Å². The minimum atomic E-state index is -0.487. The summed E-state index contributed by atoms with van der Waals surface area (Å²) in [5.41, 5.74) is 0. The number of benzene rings is 1. The smallest absolute Gasteiger partial charge is 0.373 e. The first-order valence-electron chi connectivity index (χ1n) is 4.15. The van der Waals surface area contributed by atoms with E-state index in [1.54, 1.807) is 0 Å². The summed E-state index contributed by atoms with van der Waals surface area (Å²) >= 11 is 5.56. The highest BCUT2D eigenvalue weighted by atomic mass is 35.5. The van der Waals surface area contributed by atoms with Gasteiger partial charge in [-0.15, -0.1) is 5.10 Å². The van der Waals surface area contributed by atoms with Gasteiger partial charge in [0, 0.05) is 6.07 Å². The Bertz CT molecular complexity index is 512. The minimum absolute atomic E-state index is 0.00555. The molecular weight excluding hydrogens is 253 g/mol. The monoisotopic (exact) mass is 257 g/mol. The van der Waals surface area contributed by atoms with Gasteiger partial charge >= 0.3 is 6.15 Å². The molecule has 2 rings (SSSR count). The first-order valence-corrected chi connectivity index (χ1v) is 4.53. The molecule has 6 nitrogen and oxygen atoms in total. The molecular formula is C9H5ClFN3O3. The van der Waals surface area contributed by atoms with Gasteiger partial charge in [-0.1, -0.05) is 11.6 Å². The molecule has 0 bridgehead atoms. The lowest BCUT2D eigenvalue weighted by Crippen LogP contribution is -1.85. The molecule has 0 aliphatic rings. The largest absolute Gasteiger partial charge is 0.436 e. The van der Waals surface area contributed by atoms with E-state index in [2.05, 4.69) is 15.4 Å². The Balaban J connectivity index is 0.000000437. The summed E-state index contributed by atoms with van der Waals surface area (Å²) in [6.45, 7) is 0. The van der Waals surface area contributed by atoms with Crippen LogP contribution in [0.2, 0.25) is 5.02 Å². The SMILES string of the molecule is Fc1ccc(Oc2cn[nH]n2)cc1Cl.O=C=O. The third-order valence-electron chi connectivity index (χ3n) is 1.51. The summed E-state index contributed by atoms with van der Waals surface area (Å²) in [5.74, 6) is 0.220. The lowest BCUT2D eigenvalue weighted by atomic mass is 10.3. The Hall–Kier alpha value is -2.24. The Labute approximate surface area is 99.4 Å². The zero-order chi connectivity index (χ0) is 12.7. The number of hydrogen-bond donors (Lipinski definition) is 1. The Morgan fingerprint density at radius 3 is 2.65 bits per heavy atom. The molecule has 1 aromatic heterocycles. The maximum Gasteiger partial charge on any atom is 0.373 e. The van der Waals surface area contributed by atoms with E-state index in [9.17, 15) is 4.39 Å². The molecule has 0 aliphatic carbocycles. The van der Waals surface area contributed by atoms with Crippen LogP contribution in [0.1, 0.15) is 0 Å². The zero-order valence-electron chi connectivity index (χ0n) is 8.18. The van der Waals surface area contributed by atoms with Crippen molar-refractivity contribution < 1.29 is 18.7 Å². The van der Waals surface area contributed by atoms with Crippen molar-refractivity contribution in [2.24, 2.45) is 0 Å². The Morgan fingerprint density at radius 2 is 2.12 bits per heavy atom. The number of aromatic nitrogens is 3. The highest BCUT2D eigenvalue weighted by Gasteiger charge is 2.03. The van der Waals surface area contributed by atoms with Crippen LogP contribution in [0, 0.1) is 5.82 Å². The molecule has 0 fully saturated rings. The fourth-order valence-electron chi connectivity index (χ4n) is 0.901. The first kappa shape index (κ1) is 12.8. The minimum Gasteiger partial charge on any atom is -0.436 e. The van der Waals surface area contributed by atoms with Gasteiger partial charge < -0.3 is 4.74 Å². The molecule has 0 radical (unpaired) electrons. The van der Waals surface area contributed by atoms with E-state index < -0.39 is 5.82 Å². The maximum absolute atomic E-state index is 12.8. The quantitative estimate of drug-likeness (QED) is 0.887. The lowest BCUT2D eigenvalue weighted by Gasteiger charge is -2.01. The second-order valence-corrected chi connectivity index (χ2v) is 2.98. The first-order chi connectivity index (χ1) is 8.17. The van der Waals surface area contributed by atoms with Gasteiger partial charge in [-0.3, -0.25) is 0 Å². The molecule has 0 amide bonds. The number of aromatic amines is 1. The number of H-pyrrole nitrogens is 1. The van der Waals surface area contributed by atoms with Crippen LogP contribution in [0.3, 0.4) is 0 Å². The fraction of sp³-hybridized carbons (Fsp3) is 0. The maximum atomic E-state index is 12.8. The second kappa shape index (κ2) is 6.37. The number of hydrogen-bond acceptors (Lipinski definition) is 5. The number of ether oxygens (including phenoxy) is 1. The molecule has 0 spiro atoms. The molecule has 1 aromatic carbocycles. The van der Waals surface area contributed by atoms with Gasteiger partial charge in [0.1, 0.15) is 17.8 Å². The predicted molar refractivity (Wildman–Crippen MR) is 52.9 cm³/mol. The van der Waals surface area contributed by atoms with Crippen molar-refractivity contribution in [3.05, 3.63) is 35.2 Å². The van der Waals surface area contributed by atoms with Gasteiger partial charge in [0.25, 0.3) is 5.88 Å². The summed E-state index contributed by atoms with van der Waals surface area (Å²) < 4.78 is 18.0. The van der Waals surface area contributed by atoms with E-state index in [1.807, 2.05) is 0 Å². The summed E-state index contributed by atoms with van der Waals surface area (Å²) in [5, 5.41) is 9.61. The molecule has 1 heterocycles. The van der Waals surface area contributed by atoms with Crippen LogP contribution in [-0.4, -0.2) is 21.6 Å². The highest BCUT2D eigenvalue weighted by Crippen LogP contribution is 2.24. The number of halogens is 2. The normalized spacial score (nSPS) is 8.82. The van der Waals surface area contributed by atoms with Gasteiger partial charge in [-0.05, 0) is 12.1 Å². The molecule has 0 saturated carbocycles. The highest BCUT2D eigenvalue weighted by molar-refractivity contribution is 6.30. The molecule has 17 heavy (non-hydrogen) atoms. The fourth-order valence-corrected chi connectivity index (χ4v) is 1.07. The number of nitrogens with zero attached hydrogens (tertiary/aromatic N) is 2. The molecule has 0 atom stereocenters. The second-order valence-electron chi connectivity index (χ2n) is 2.57. The van der Waals surface area contributed by atoms with E-state index in [1.165, 1.54) is 24.4 Å². The lowest BCUT2D eigenvalue weighted by molar-refractivity contribution is -0.191. The van der Waals surface area contributed by atoms with Crippen LogP contribution in [-0.2, 0) is 9.59 Å². The third-order valence-corrected chi connectivity index (χ3v) is 1.80. The van der Waals surface area contributed by atoms with Gasteiger partial charge in [-0.2, -0.15) is 19.9 Å². The third kappa shape index (κ3) is 4.02. The van der Waals surface area contributed by atoms with E-state index >= 15 is 0 Å². The van der Waals surface area contributed by atoms with Crippen molar-refractivity contribution >= 4 is 17.8 Å². The summed E-state index contributed by atoms with van der Waals surface area (Å²) in [6.07, 6.45) is 1.65. The van der Waals surface area contributed by atoms with Crippen LogP contribution in [0.15, 0.2) is 24.4 Å². The van der Waals surface area contributed by atoms with Crippen LogP contribution in [0.5, 0.6) is 11.6 Å². The van der Waals surface area contributed by atoms with Crippen LogP contribution in [0.25, 0.3) is 0 Å². The van der Waals surface area contributed by atoms with E-state index in [0.717, 1.165) is 0 Å². The van der Waals surface area contributed by atoms with Crippen molar-refractivity contribution in [2.45, 2.75) is 0 Å². The van der Waals surface area contributed by atoms with Gasteiger partial charge in [0.05, 0.1) is 5.02 Å².